The summed E-state index contributed by atoms with van der Waals surface area (Å²) in [7, 11) is 0. The standard InChI is InChI=1S/C18H18ClFO/c1-18(2)11-21-17-8-7-12(9-14(17)18)15(19)10-13-5-3-4-6-16(13)20/h3-9,15H,10-11H2,1-2H3. The van der Waals surface area contributed by atoms with E-state index in [1.54, 1.807) is 12.1 Å². The Kier molecular flexibility index (Phi) is 3.66. The zero-order valence-corrected chi connectivity index (χ0v) is 13.0. The Hall–Kier alpha value is -1.54. The van der Waals surface area contributed by atoms with Gasteiger partial charge in [-0.15, -0.1) is 11.6 Å². The molecular formula is C18H18ClFO. The highest BCUT2D eigenvalue weighted by atomic mass is 35.5. The van der Waals surface area contributed by atoms with Crippen LogP contribution in [0, 0.1) is 5.82 Å². The van der Waals surface area contributed by atoms with E-state index in [1.807, 2.05) is 18.2 Å². The van der Waals surface area contributed by atoms with Crippen molar-refractivity contribution in [2.75, 3.05) is 6.61 Å². The lowest BCUT2D eigenvalue weighted by Gasteiger charge is -2.17. The fourth-order valence-electron chi connectivity index (χ4n) is 2.71. The van der Waals surface area contributed by atoms with Crippen LogP contribution in [0.4, 0.5) is 4.39 Å². The van der Waals surface area contributed by atoms with E-state index in [0.717, 1.165) is 11.3 Å². The van der Waals surface area contributed by atoms with Gasteiger partial charge in [-0.05, 0) is 35.7 Å². The topological polar surface area (TPSA) is 9.23 Å². The van der Waals surface area contributed by atoms with E-state index in [-0.39, 0.29) is 16.6 Å². The summed E-state index contributed by atoms with van der Waals surface area (Å²) in [5.41, 5.74) is 2.84. The Bertz CT molecular complexity index is 666. The summed E-state index contributed by atoms with van der Waals surface area (Å²) in [5.74, 6) is 0.728. The lowest BCUT2D eigenvalue weighted by Crippen LogP contribution is -2.18. The number of benzene rings is 2. The molecule has 0 bridgehead atoms. The third kappa shape index (κ3) is 2.77. The van der Waals surface area contributed by atoms with E-state index in [2.05, 4.69) is 19.9 Å². The van der Waals surface area contributed by atoms with Gasteiger partial charge in [0.1, 0.15) is 11.6 Å². The monoisotopic (exact) mass is 304 g/mol. The van der Waals surface area contributed by atoms with Crippen LogP contribution in [0.25, 0.3) is 0 Å². The maximum atomic E-state index is 13.7. The van der Waals surface area contributed by atoms with Crippen molar-refractivity contribution in [2.24, 2.45) is 0 Å². The van der Waals surface area contributed by atoms with Gasteiger partial charge in [-0.3, -0.25) is 0 Å². The van der Waals surface area contributed by atoms with Crippen molar-refractivity contribution in [3.05, 3.63) is 65.0 Å². The lowest BCUT2D eigenvalue weighted by atomic mass is 9.85. The molecule has 0 amide bonds. The summed E-state index contributed by atoms with van der Waals surface area (Å²) < 4.78 is 19.4. The Balaban J connectivity index is 1.86. The largest absolute Gasteiger partial charge is 0.492 e. The Morgan fingerprint density at radius 3 is 2.76 bits per heavy atom. The van der Waals surface area contributed by atoms with Crippen molar-refractivity contribution in [1.82, 2.24) is 0 Å². The van der Waals surface area contributed by atoms with Gasteiger partial charge in [0, 0.05) is 11.0 Å². The van der Waals surface area contributed by atoms with Crippen LogP contribution >= 0.6 is 11.6 Å². The minimum atomic E-state index is -0.247. The van der Waals surface area contributed by atoms with Gasteiger partial charge in [0.15, 0.2) is 0 Å². The highest BCUT2D eigenvalue weighted by Gasteiger charge is 2.32. The number of fused-ring (bicyclic) bond motifs is 1. The number of rotatable bonds is 3. The SMILES string of the molecule is CC1(C)COc2ccc(C(Cl)Cc3ccccc3F)cc21. The van der Waals surface area contributed by atoms with Crippen LogP contribution in [0.15, 0.2) is 42.5 Å². The van der Waals surface area contributed by atoms with Gasteiger partial charge >= 0.3 is 0 Å². The van der Waals surface area contributed by atoms with Crippen molar-refractivity contribution in [3.63, 3.8) is 0 Å². The molecule has 3 heteroatoms. The number of ether oxygens (including phenoxy) is 1. The van der Waals surface area contributed by atoms with Gasteiger partial charge in [-0.1, -0.05) is 38.1 Å². The van der Waals surface area contributed by atoms with Crippen molar-refractivity contribution >= 4 is 11.6 Å². The molecule has 1 heterocycles. The second-order valence-corrected chi connectivity index (χ2v) is 6.72. The first-order valence-corrected chi connectivity index (χ1v) is 7.56. The molecule has 0 radical (unpaired) electrons. The third-order valence-electron chi connectivity index (χ3n) is 4.04. The zero-order valence-electron chi connectivity index (χ0n) is 12.2. The van der Waals surface area contributed by atoms with Crippen LogP contribution in [0.1, 0.15) is 35.9 Å². The van der Waals surface area contributed by atoms with Crippen LogP contribution in [0.2, 0.25) is 0 Å². The smallest absolute Gasteiger partial charge is 0.126 e. The summed E-state index contributed by atoms with van der Waals surface area (Å²) in [6.45, 7) is 5.00. The number of halogens is 2. The maximum absolute atomic E-state index is 13.7. The lowest BCUT2D eigenvalue weighted by molar-refractivity contribution is 0.291. The summed E-state index contributed by atoms with van der Waals surface area (Å²) in [6, 6.07) is 12.8. The molecule has 1 unspecified atom stereocenters. The quantitative estimate of drug-likeness (QED) is 0.724. The Morgan fingerprint density at radius 1 is 1.24 bits per heavy atom. The van der Waals surface area contributed by atoms with E-state index < -0.39 is 0 Å². The van der Waals surface area contributed by atoms with E-state index in [9.17, 15) is 4.39 Å². The van der Waals surface area contributed by atoms with Gasteiger partial charge in [0.25, 0.3) is 0 Å². The van der Waals surface area contributed by atoms with Gasteiger partial charge in [0.05, 0.1) is 12.0 Å². The fraction of sp³-hybridized carbons (Fsp3) is 0.333. The number of alkyl halides is 1. The molecule has 0 spiro atoms. The summed E-state index contributed by atoms with van der Waals surface area (Å²) in [4.78, 5) is 0. The first-order chi connectivity index (χ1) is 9.97. The Labute approximate surface area is 129 Å². The first kappa shape index (κ1) is 14.4. The molecular weight excluding hydrogens is 287 g/mol. The fourth-order valence-corrected chi connectivity index (χ4v) is 3.01. The van der Waals surface area contributed by atoms with E-state index in [1.165, 1.54) is 11.6 Å². The molecule has 0 N–H and O–H groups in total. The van der Waals surface area contributed by atoms with Crippen molar-refractivity contribution in [1.29, 1.82) is 0 Å². The zero-order chi connectivity index (χ0) is 15.0. The van der Waals surface area contributed by atoms with E-state index in [0.29, 0.717) is 18.6 Å². The maximum Gasteiger partial charge on any atom is 0.126 e. The van der Waals surface area contributed by atoms with Crippen LogP contribution in [0.5, 0.6) is 5.75 Å². The average molecular weight is 305 g/mol. The van der Waals surface area contributed by atoms with E-state index in [4.69, 9.17) is 16.3 Å². The molecule has 110 valence electrons. The molecule has 1 atom stereocenters. The number of hydrogen-bond acceptors (Lipinski definition) is 1. The minimum Gasteiger partial charge on any atom is -0.492 e. The van der Waals surface area contributed by atoms with Gasteiger partial charge in [0.2, 0.25) is 0 Å². The summed E-state index contributed by atoms with van der Waals surface area (Å²) in [5, 5.41) is -0.247. The van der Waals surface area contributed by atoms with E-state index >= 15 is 0 Å². The predicted molar refractivity (Wildman–Crippen MR) is 83.7 cm³/mol. The normalized spacial score (nSPS) is 17.1. The molecule has 0 fully saturated rings. The predicted octanol–water partition coefficient (Wildman–Crippen LogP) is 5.02. The molecule has 0 saturated heterocycles. The molecule has 1 aliphatic rings. The molecule has 21 heavy (non-hydrogen) atoms. The van der Waals surface area contributed by atoms with Crippen LogP contribution in [-0.4, -0.2) is 6.61 Å². The first-order valence-electron chi connectivity index (χ1n) is 7.12. The van der Waals surface area contributed by atoms with Crippen molar-refractivity contribution in [3.8, 4) is 5.75 Å². The second kappa shape index (κ2) is 5.34. The number of hydrogen-bond donors (Lipinski definition) is 0. The molecule has 0 saturated carbocycles. The molecule has 3 rings (SSSR count). The van der Waals surface area contributed by atoms with Gasteiger partial charge in [-0.25, -0.2) is 4.39 Å². The van der Waals surface area contributed by atoms with Crippen LogP contribution in [-0.2, 0) is 11.8 Å². The molecule has 1 nitrogen and oxygen atoms in total. The third-order valence-corrected chi connectivity index (χ3v) is 4.45. The second-order valence-electron chi connectivity index (χ2n) is 6.19. The molecule has 2 aromatic carbocycles. The molecule has 1 aliphatic heterocycles. The highest BCUT2D eigenvalue weighted by molar-refractivity contribution is 6.20. The molecule has 2 aromatic rings. The Morgan fingerprint density at radius 2 is 2.00 bits per heavy atom. The molecule has 0 aliphatic carbocycles. The van der Waals surface area contributed by atoms with Crippen LogP contribution in [0.3, 0.4) is 0 Å². The summed E-state index contributed by atoms with van der Waals surface area (Å²) >= 11 is 6.50. The average Bonchev–Trinajstić information content (AvgIpc) is 2.77. The highest BCUT2D eigenvalue weighted by Crippen LogP contribution is 2.40. The van der Waals surface area contributed by atoms with Crippen molar-refractivity contribution in [2.45, 2.75) is 31.1 Å². The van der Waals surface area contributed by atoms with Crippen LogP contribution < -0.4 is 4.74 Å². The summed E-state index contributed by atoms with van der Waals surface area (Å²) in [6.07, 6.45) is 0.480. The van der Waals surface area contributed by atoms with Gasteiger partial charge < -0.3 is 4.74 Å². The van der Waals surface area contributed by atoms with Crippen molar-refractivity contribution < 1.29 is 9.13 Å². The van der Waals surface area contributed by atoms with Gasteiger partial charge in [-0.2, -0.15) is 0 Å². The minimum absolute atomic E-state index is 0.0000505. The molecule has 0 aromatic heterocycles.